The SMILES string of the molecule is CC(C)c1ccccc1Nc1ccccc1C(C)C. The van der Waals surface area contributed by atoms with E-state index < -0.39 is 0 Å². The van der Waals surface area contributed by atoms with Crippen LogP contribution in [0.2, 0.25) is 0 Å². The van der Waals surface area contributed by atoms with Crippen molar-refractivity contribution in [3.63, 3.8) is 0 Å². The van der Waals surface area contributed by atoms with Gasteiger partial charge in [0.15, 0.2) is 0 Å². The Hall–Kier alpha value is -1.76. The van der Waals surface area contributed by atoms with Gasteiger partial charge >= 0.3 is 0 Å². The van der Waals surface area contributed by atoms with E-state index in [2.05, 4.69) is 81.5 Å². The minimum Gasteiger partial charge on any atom is -0.355 e. The van der Waals surface area contributed by atoms with Crippen molar-refractivity contribution < 1.29 is 0 Å². The molecule has 2 rings (SSSR count). The van der Waals surface area contributed by atoms with E-state index in [9.17, 15) is 0 Å². The van der Waals surface area contributed by atoms with Crippen LogP contribution in [0.5, 0.6) is 0 Å². The van der Waals surface area contributed by atoms with Gasteiger partial charge in [0.2, 0.25) is 0 Å². The third kappa shape index (κ3) is 3.17. The molecule has 0 bridgehead atoms. The lowest BCUT2D eigenvalue weighted by Crippen LogP contribution is -2.01. The van der Waals surface area contributed by atoms with Gasteiger partial charge in [-0.25, -0.2) is 0 Å². The predicted octanol–water partition coefficient (Wildman–Crippen LogP) is 5.68. The quantitative estimate of drug-likeness (QED) is 0.739. The maximum absolute atomic E-state index is 3.60. The first-order valence-electron chi connectivity index (χ1n) is 7.04. The summed E-state index contributed by atoms with van der Waals surface area (Å²) in [6.07, 6.45) is 0. The molecular formula is C18H23N. The first-order chi connectivity index (χ1) is 9.09. The molecule has 0 atom stereocenters. The Morgan fingerprint density at radius 3 is 1.37 bits per heavy atom. The molecular weight excluding hydrogens is 230 g/mol. The van der Waals surface area contributed by atoms with Crippen molar-refractivity contribution in [1.29, 1.82) is 0 Å². The highest BCUT2D eigenvalue weighted by Crippen LogP contribution is 2.30. The molecule has 0 unspecified atom stereocenters. The highest BCUT2D eigenvalue weighted by atomic mass is 14.9. The highest BCUT2D eigenvalue weighted by Gasteiger charge is 2.09. The molecule has 0 amide bonds. The van der Waals surface area contributed by atoms with E-state index in [0.717, 1.165) is 0 Å². The summed E-state index contributed by atoms with van der Waals surface area (Å²) in [5, 5.41) is 3.60. The fraction of sp³-hybridized carbons (Fsp3) is 0.333. The number of para-hydroxylation sites is 2. The summed E-state index contributed by atoms with van der Waals surface area (Å²) in [6.45, 7) is 8.92. The summed E-state index contributed by atoms with van der Waals surface area (Å²) in [4.78, 5) is 0. The van der Waals surface area contributed by atoms with E-state index in [-0.39, 0.29) is 0 Å². The predicted molar refractivity (Wildman–Crippen MR) is 84.3 cm³/mol. The molecule has 0 saturated heterocycles. The monoisotopic (exact) mass is 253 g/mol. The first-order valence-corrected chi connectivity index (χ1v) is 7.04. The van der Waals surface area contributed by atoms with Crippen molar-refractivity contribution in [3.05, 3.63) is 59.7 Å². The number of hydrogen-bond donors (Lipinski definition) is 1. The molecule has 2 aromatic carbocycles. The zero-order valence-electron chi connectivity index (χ0n) is 12.3. The number of hydrogen-bond acceptors (Lipinski definition) is 1. The normalized spacial score (nSPS) is 11.1. The van der Waals surface area contributed by atoms with Crippen LogP contribution in [0.4, 0.5) is 11.4 Å². The minimum absolute atomic E-state index is 0.523. The Kier molecular flexibility index (Phi) is 4.26. The van der Waals surface area contributed by atoms with Crippen LogP contribution in [0.25, 0.3) is 0 Å². The minimum atomic E-state index is 0.523. The van der Waals surface area contributed by atoms with Crippen molar-refractivity contribution in [2.24, 2.45) is 0 Å². The standard InChI is InChI=1S/C18H23N/c1-13(2)15-9-5-7-11-17(15)19-18-12-8-6-10-16(18)14(3)4/h5-14,19H,1-4H3. The van der Waals surface area contributed by atoms with Crippen LogP contribution in [0, 0.1) is 0 Å². The van der Waals surface area contributed by atoms with Crippen LogP contribution in [0.3, 0.4) is 0 Å². The molecule has 100 valence electrons. The van der Waals surface area contributed by atoms with E-state index in [1.165, 1.54) is 22.5 Å². The summed E-state index contributed by atoms with van der Waals surface area (Å²) in [5.74, 6) is 1.05. The van der Waals surface area contributed by atoms with Crippen LogP contribution in [0.1, 0.15) is 50.7 Å². The Morgan fingerprint density at radius 2 is 1.00 bits per heavy atom. The number of anilines is 2. The van der Waals surface area contributed by atoms with Gasteiger partial charge in [-0.3, -0.25) is 0 Å². The van der Waals surface area contributed by atoms with E-state index >= 15 is 0 Å². The highest BCUT2D eigenvalue weighted by molar-refractivity contribution is 5.67. The molecule has 0 aromatic heterocycles. The fourth-order valence-corrected chi connectivity index (χ4v) is 2.37. The lowest BCUT2D eigenvalue weighted by Gasteiger charge is -2.18. The molecule has 19 heavy (non-hydrogen) atoms. The van der Waals surface area contributed by atoms with Crippen molar-refractivity contribution in [2.45, 2.75) is 39.5 Å². The molecule has 0 aliphatic carbocycles. The molecule has 1 heteroatoms. The summed E-state index contributed by atoms with van der Waals surface area (Å²) in [5.41, 5.74) is 5.15. The van der Waals surface area contributed by atoms with Gasteiger partial charge in [-0.15, -0.1) is 0 Å². The van der Waals surface area contributed by atoms with Gasteiger partial charge in [-0.05, 0) is 35.1 Å². The second-order valence-corrected chi connectivity index (χ2v) is 5.61. The van der Waals surface area contributed by atoms with E-state index in [1.807, 2.05) is 0 Å². The number of nitrogens with one attached hydrogen (secondary N) is 1. The average Bonchev–Trinajstić information content (AvgIpc) is 2.39. The van der Waals surface area contributed by atoms with Gasteiger partial charge in [-0.2, -0.15) is 0 Å². The summed E-state index contributed by atoms with van der Waals surface area (Å²) < 4.78 is 0. The zero-order chi connectivity index (χ0) is 13.8. The Labute approximate surface area is 116 Å². The third-order valence-electron chi connectivity index (χ3n) is 3.43. The molecule has 2 aromatic rings. The van der Waals surface area contributed by atoms with Crippen molar-refractivity contribution in [1.82, 2.24) is 0 Å². The van der Waals surface area contributed by atoms with Crippen molar-refractivity contribution >= 4 is 11.4 Å². The second-order valence-electron chi connectivity index (χ2n) is 5.61. The summed E-state index contributed by atoms with van der Waals surface area (Å²) >= 11 is 0. The average molecular weight is 253 g/mol. The second kappa shape index (κ2) is 5.92. The van der Waals surface area contributed by atoms with Gasteiger partial charge in [0.1, 0.15) is 0 Å². The van der Waals surface area contributed by atoms with Crippen LogP contribution < -0.4 is 5.32 Å². The molecule has 0 radical (unpaired) electrons. The summed E-state index contributed by atoms with van der Waals surface area (Å²) in [6, 6.07) is 17.1. The maximum Gasteiger partial charge on any atom is 0.0419 e. The zero-order valence-corrected chi connectivity index (χ0v) is 12.3. The molecule has 0 heterocycles. The van der Waals surface area contributed by atoms with Gasteiger partial charge in [0, 0.05) is 11.4 Å². The smallest absolute Gasteiger partial charge is 0.0419 e. The molecule has 0 spiro atoms. The molecule has 0 fully saturated rings. The third-order valence-corrected chi connectivity index (χ3v) is 3.43. The van der Waals surface area contributed by atoms with Gasteiger partial charge in [0.05, 0.1) is 0 Å². The van der Waals surface area contributed by atoms with Gasteiger partial charge in [0.25, 0.3) is 0 Å². The van der Waals surface area contributed by atoms with Crippen molar-refractivity contribution in [3.8, 4) is 0 Å². The molecule has 1 N–H and O–H groups in total. The van der Waals surface area contributed by atoms with E-state index in [0.29, 0.717) is 11.8 Å². The lowest BCUT2D eigenvalue weighted by molar-refractivity contribution is 0.863. The summed E-state index contributed by atoms with van der Waals surface area (Å²) in [7, 11) is 0. The maximum atomic E-state index is 3.60. The molecule has 0 aliphatic rings. The van der Waals surface area contributed by atoms with Crippen molar-refractivity contribution in [2.75, 3.05) is 5.32 Å². The fourth-order valence-electron chi connectivity index (χ4n) is 2.37. The largest absolute Gasteiger partial charge is 0.355 e. The van der Waals surface area contributed by atoms with Gasteiger partial charge < -0.3 is 5.32 Å². The van der Waals surface area contributed by atoms with Crippen LogP contribution in [-0.2, 0) is 0 Å². The van der Waals surface area contributed by atoms with Crippen LogP contribution in [-0.4, -0.2) is 0 Å². The Balaban J connectivity index is 2.37. The molecule has 0 aliphatic heterocycles. The van der Waals surface area contributed by atoms with E-state index in [1.54, 1.807) is 0 Å². The van der Waals surface area contributed by atoms with Crippen LogP contribution >= 0.6 is 0 Å². The number of benzene rings is 2. The lowest BCUT2D eigenvalue weighted by atomic mass is 9.98. The number of rotatable bonds is 4. The van der Waals surface area contributed by atoms with Crippen LogP contribution in [0.15, 0.2) is 48.5 Å². The Bertz CT molecular complexity index is 491. The first kappa shape index (κ1) is 13.7. The molecule has 0 saturated carbocycles. The van der Waals surface area contributed by atoms with E-state index in [4.69, 9.17) is 0 Å². The van der Waals surface area contributed by atoms with Gasteiger partial charge in [-0.1, -0.05) is 64.1 Å². The Morgan fingerprint density at radius 1 is 0.632 bits per heavy atom. The topological polar surface area (TPSA) is 12.0 Å². The molecule has 1 nitrogen and oxygen atoms in total.